The van der Waals surface area contributed by atoms with Gasteiger partial charge in [-0.25, -0.2) is 0 Å². The Balaban J connectivity index is 2.13. The molecule has 0 saturated carbocycles. The van der Waals surface area contributed by atoms with Gasteiger partial charge in [-0.2, -0.15) is 10.5 Å². The molecule has 31 heavy (non-hydrogen) atoms. The van der Waals surface area contributed by atoms with Crippen LogP contribution in [0.3, 0.4) is 0 Å². The van der Waals surface area contributed by atoms with Crippen molar-refractivity contribution in [2.75, 3.05) is 0 Å². The molecule has 0 N–H and O–H groups in total. The Morgan fingerprint density at radius 3 is 2.26 bits per heavy atom. The molecule has 0 unspecified atom stereocenters. The summed E-state index contributed by atoms with van der Waals surface area (Å²) in [6.07, 6.45) is 3.69. The average Bonchev–Trinajstić information content (AvgIpc) is 2.77. The summed E-state index contributed by atoms with van der Waals surface area (Å²) in [6, 6.07) is 17.7. The Labute approximate surface area is 180 Å². The number of nitro benzene ring substituents is 1. The molecule has 0 amide bonds. The summed E-state index contributed by atoms with van der Waals surface area (Å²) >= 11 is 0. The van der Waals surface area contributed by atoms with E-state index < -0.39 is 4.92 Å². The largest absolute Gasteiger partial charge is 0.449 e. The molecular formula is C25H19N3O3. The van der Waals surface area contributed by atoms with Crippen molar-refractivity contribution in [3.63, 3.8) is 0 Å². The number of nitriles is 2. The van der Waals surface area contributed by atoms with E-state index in [1.807, 2.05) is 32.1 Å². The van der Waals surface area contributed by atoms with Crippen molar-refractivity contribution in [3.05, 3.63) is 92.5 Å². The van der Waals surface area contributed by atoms with Crippen LogP contribution in [0.5, 0.6) is 11.5 Å². The lowest BCUT2D eigenvalue weighted by atomic mass is 9.98. The van der Waals surface area contributed by atoms with Gasteiger partial charge in [0.1, 0.15) is 11.8 Å². The van der Waals surface area contributed by atoms with Crippen molar-refractivity contribution in [1.82, 2.24) is 0 Å². The molecule has 3 rings (SSSR count). The topological polar surface area (TPSA) is 99.9 Å². The van der Waals surface area contributed by atoms with Crippen molar-refractivity contribution in [2.24, 2.45) is 0 Å². The van der Waals surface area contributed by atoms with Crippen LogP contribution in [0.25, 0.3) is 17.2 Å². The van der Waals surface area contributed by atoms with Gasteiger partial charge in [-0.05, 0) is 73.4 Å². The molecule has 0 fully saturated rings. The molecule has 0 heterocycles. The minimum atomic E-state index is -0.498. The lowest BCUT2D eigenvalue weighted by molar-refractivity contribution is -0.385. The van der Waals surface area contributed by atoms with E-state index in [1.165, 1.54) is 6.07 Å². The second-order valence-corrected chi connectivity index (χ2v) is 6.95. The van der Waals surface area contributed by atoms with Gasteiger partial charge in [0.25, 0.3) is 0 Å². The number of ether oxygens (including phenoxy) is 1. The molecule has 0 aliphatic heterocycles. The highest BCUT2D eigenvalue weighted by atomic mass is 16.6. The predicted octanol–water partition coefficient (Wildman–Crippen LogP) is 6.45. The molecule has 0 bridgehead atoms. The summed E-state index contributed by atoms with van der Waals surface area (Å²) in [5.74, 6) is 0.505. The highest BCUT2D eigenvalue weighted by molar-refractivity contribution is 5.70. The van der Waals surface area contributed by atoms with E-state index >= 15 is 0 Å². The summed E-state index contributed by atoms with van der Waals surface area (Å²) in [5, 5.41) is 30.2. The van der Waals surface area contributed by atoms with E-state index in [1.54, 1.807) is 43.3 Å². The summed E-state index contributed by atoms with van der Waals surface area (Å²) in [7, 11) is 0. The molecule has 0 aromatic heterocycles. The first-order valence-corrected chi connectivity index (χ1v) is 9.53. The SMILES string of the molecule is CC=Cc1cc(C)c(Oc2cc(-c3ccc(C#N)cc3)ccc2[N+](=O)[O-])c(C)c1C#N. The minimum absolute atomic E-state index is 0.0840. The van der Waals surface area contributed by atoms with E-state index in [0.29, 0.717) is 28.0 Å². The molecule has 0 radical (unpaired) electrons. The Bertz CT molecular complexity index is 1280. The van der Waals surface area contributed by atoms with Crippen LogP contribution in [0.2, 0.25) is 0 Å². The third-order valence-electron chi connectivity index (χ3n) is 4.91. The Hall–Kier alpha value is -4.42. The maximum absolute atomic E-state index is 11.6. The number of rotatable bonds is 5. The highest BCUT2D eigenvalue weighted by Crippen LogP contribution is 2.39. The zero-order valence-corrected chi connectivity index (χ0v) is 17.3. The highest BCUT2D eigenvalue weighted by Gasteiger charge is 2.20. The van der Waals surface area contributed by atoms with Gasteiger partial charge >= 0.3 is 5.69 Å². The number of allylic oxidation sites excluding steroid dienone is 1. The smallest absolute Gasteiger partial charge is 0.311 e. The number of hydrogen-bond acceptors (Lipinski definition) is 5. The fourth-order valence-corrected chi connectivity index (χ4v) is 3.39. The van der Waals surface area contributed by atoms with Crippen LogP contribution in [0.1, 0.15) is 34.7 Å². The fourth-order valence-electron chi connectivity index (χ4n) is 3.39. The summed E-state index contributed by atoms with van der Waals surface area (Å²) in [4.78, 5) is 11.1. The van der Waals surface area contributed by atoms with Crippen molar-refractivity contribution in [1.29, 1.82) is 10.5 Å². The van der Waals surface area contributed by atoms with Gasteiger partial charge in [0.05, 0.1) is 22.1 Å². The second-order valence-electron chi connectivity index (χ2n) is 6.95. The maximum atomic E-state index is 11.6. The average molecular weight is 409 g/mol. The summed E-state index contributed by atoms with van der Waals surface area (Å²) < 4.78 is 6.05. The van der Waals surface area contributed by atoms with Crippen LogP contribution >= 0.6 is 0 Å². The second kappa shape index (κ2) is 8.94. The zero-order chi connectivity index (χ0) is 22.5. The van der Waals surface area contributed by atoms with Gasteiger partial charge in [0.15, 0.2) is 0 Å². The molecule has 0 atom stereocenters. The van der Waals surface area contributed by atoms with E-state index in [0.717, 1.165) is 16.7 Å². The molecule has 6 nitrogen and oxygen atoms in total. The van der Waals surface area contributed by atoms with Crippen LogP contribution in [-0.4, -0.2) is 4.92 Å². The molecule has 0 aliphatic carbocycles. The van der Waals surface area contributed by atoms with Crippen LogP contribution in [0.4, 0.5) is 5.69 Å². The van der Waals surface area contributed by atoms with E-state index in [-0.39, 0.29) is 11.4 Å². The van der Waals surface area contributed by atoms with Crippen LogP contribution in [0, 0.1) is 46.6 Å². The first kappa shape index (κ1) is 21.3. The van der Waals surface area contributed by atoms with Crippen molar-refractivity contribution >= 4 is 11.8 Å². The van der Waals surface area contributed by atoms with Crippen LogP contribution in [-0.2, 0) is 0 Å². The summed E-state index contributed by atoms with van der Waals surface area (Å²) in [5.41, 5.74) is 4.49. The molecule has 3 aromatic rings. The van der Waals surface area contributed by atoms with Gasteiger partial charge in [0.2, 0.25) is 5.75 Å². The maximum Gasteiger partial charge on any atom is 0.311 e. The standard InChI is InChI=1S/C25H19N3O3/c1-4-5-21-12-16(2)25(17(3)22(21)15-27)31-24-13-20(10-11-23(24)28(29)30)19-8-6-18(14-26)7-9-19/h4-13H,1-3H3. The first-order chi connectivity index (χ1) is 14.9. The van der Waals surface area contributed by atoms with Gasteiger partial charge in [-0.1, -0.05) is 24.3 Å². The lowest BCUT2D eigenvalue weighted by Crippen LogP contribution is -1.99. The van der Waals surface area contributed by atoms with Crippen LogP contribution < -0.4 is 4.74 Å². The Morgan fingerprint density at radius 2 is 1.68 bits per heavy atom. The van der Waals surface area contributed by atoms with Gasteiger partial charge in [-0.15, -0.1) is 0 Å². The monoisotopic (exact) mass is 409 g/mol. The molecule has 0 spiro atoms. The van der Waals surface area contributed by atoms with Gasteiger partial charge < -0.3 is 4.74 Å². The van der Waals surface area contributed by atoms with Crippen molar-refractivity contribution < 1.29 is 9.66 Å². The quantitative estimate of drug-likeness (QED) is 0.356. The number of hydrogen-bond donors (Lipinski definition) is 0. The third-order valence-corrected chi connectivity index (χ3v) is 4.91. The normalized spacial score (nSPS) is 10.5. The Kier molecular flexibility index (Phi) is 6.14. The number of benzene rings is 3. The zero-order valence-electron chi connectivity index (χ0n) is 17.3. The molecule has 0 aliphatic rings. The van der Waals surface area contributed by atoms with E-state index in [2.05, 4.69) is 12.1 Å². The molecular weight excluding hydrogens is 390 g/mol. The minimum Gasteiger partial charge on any atom is -0.449 e. The van der Waals surface area contributed by atoms with Crippen molar-refractivity contribution in [3.8, 4) is 34.8 Å². The Morgan fingerprint density at radius 1 is 1.00 bits per heavy atom. The molecule has 152 valence electrons. The fraction of sp³-hybridized carbons (Fsp3) is 0.120. The number of nitrogens with zero attached hydrogens (tertiary/aromatic N) is 3. The predicted molar refractivity (Wildman–Crippen MR) is 119 cm³/mol. The first-order valence-electron chi connectivity index (χ1n) is 9.53. The van der Waals surface area contributed by atoms with E-state index in [4.69, 9.17) is 10.00 Å². The molecule has 0 saturated heterocycles. The number of aryl methyl sites for hydroxylation is 1. The van der Waals surface area contributed by atoms with E-state index in [9.17, 15) is 15.4 Å². The van der Waals surface area contributed by atoms with Crippen molar-refractivity contribution in [2.45, 2.75) is 20.8 Å². The molecule has 3 aromatic carbocycles. The molecule has 6 heteroatoms. The lowest BCUT2D eigenvalue weighted by Gasteiger charge is -2.15. The van der Waals surface area contributed by atoms with Gasteiger partial charge in [0, 0.05) is 11.6 Å². The van der Waals surface area contributed by atoms with Crippen LogP contribution in [0.15, 0.2) is 54.6 Å². The number of nitro groups is 1. The van der Waals surface area contributed by atoms with Gasteiger partial charge in [-0.3, -0.25) is 10.1 Å². The third kappa shape index (κ3) is 4.29. The summed E-state index contributed by atoms with van der Waals surface area (Å²) in [6.45, 7) is 5.48.